The Morgan fingerprint density at radius 1 is 1.22 bits per heavy atom. The molecule has 5 nitrogen and oxygen atoms in total. The number of carbonyl (C=O) groups excluding carboxylic acids is 1. The predicted octanol–water partition coefficient (Wildman–Crippen LogP) is 1.64. The van der Waals surface area contributed by atoms with Crippen molar-refractivity contribution in [3.63, 3.8) is 0 Å². The first-order chi connectivity index (χ1) is 8.59. The number of aliphatic carboxylic acids is 1. The number of unbranched alkanes of at least 4 members (excludes halogenated alkanes) is 2. The molecule has 1 aromatic rings. The van der Waals surface area contributed by atoms with Crippen LogP contribution >= 0.6 is 0 Å². The highest BCUT2D eigenvalue weighted by Gasteiger charge is 2.04. The summed E-state index contributed by atoms with van der Waals surface area (Å²) >= 11 is 0. The topological polar surface area (TPSA) is 92.4 Å². The van der Waals surface area contributed by atoms with Crippen LogP contribution in [0.5, 0.6) is 0 Å². The van der Waals surface area contributed by atoms with Crippen LogP contribution in [0.15, 0.2) is 24.3 Å². The Morgan fingerprint density at radius 2 is 2.00 bits per heavy atom. The molecule has 0 unspecified atom stereocenters. The number of carboxylic acid groups (broad SMARTS) is 1. The van der Waals surface area contributed by atoms with Gasteiger partial charge in [-0.05, 0) is 31.0 Å². The fraction of sp³-hybridized carbons (Fsp3) is 0.385. The molecule has 0 aromatic heterocycles. The van der Waals surface area contributed by atoms with Gasteiger partial charge >= 0.3 is 5.97 Å². The highest BCUT2D eigenvalue weighted by atomic mass is 16.4. The number of hydrogen-bond donors (Lipinski definition) is 3. The van der Waals surface area contributed by atoms with Gasteiger partial charge in [0.25, 0.3) is 5.91 Å². The van der Waals surface area contributed by atoms with Crippen LogP contribution in [0.2, 0.25) is 0 Å². The number of carbonyl (C=O) groups is 2. The van der Waals surface area contributed by atoms with Crippen LogP contribution in [0.1, 0.15) is 36.0 Å². The van der Waals surface area contributed by atoms with Crippen molar-refractivity contribution in [1.82, 2.24) is 5.32 Å². The van der Waals surface area contributed by atoms with E-state index in [0.29, 0.717) is 24.2 Å². The third-order valence-electron chi connectivity index (χ3n) is 2.50. The Balaban J connectivity index is 2.20. The maximum Gasteiger partial charge on any atom is 0.303 e. The number of hydrogen-bond acceptors (Lipinski definition) is 3. The minimum absolute atomic E-state index is 0.152. The summed E-state index contributed by atoms with van der Waals surface area (Å²) in [6.07, 6.45) is 2.40. The van der Waals surface area contributed by atoms with Crippen LogP contribution in [0.4, 0.5) is 5.69 Å². The summed E-state index contributed by atoms with van der Waals surface area (Å²) in [6.45, 7) is 0.549. The normalized spacial score (nSPS) is 10.0. The number of nitrogen functional groups attached to an aromatic ring is 1. The fourth-order valence-electron chi connectivity index (χ4n) is 1.56. The van der Waals surface area contributed by atoms with Crippen molar-refractivity contribution in [1.29, 1.82) is 0 Å². The summed E-state index contributed by atoms with van der Waals surface area (Å²) in [5.74, 6) is -0.931. The Labute approximate surface area is 106 Å². The Hall–Kier alpha value is -2.04. The minimum atomic E-state index is -0.779. The molecule has 0 spiro atoms. The van der Waals surface area contributed by atoms with Crippen LogP contribution in [-0.2, 0) is 4.79 Å². The second kappa shape index (κ2) is 7.32. The summed E-state index contributed by atoms with van der Waals surface area (Å²) in [5, 5.41) is 11.2. The van der Waals surface area contributed by atoms with E-state index in [2.05, 4.69) is 5.32 Å². The van der Waals surface area contributed by atoms with Gasteiger partial charge in [0.05, 0.1) is 0 Å². The van der Waals surface area contributed by atoms with Crippen molar-refractivity contribution >= 4 is 17.6 Å². The largest absolute Gasteiger partial charge is 0.481 e. The summed E-state index contributed by atoms with van der Waals surface area (Å²) in [5.41, 5.74) is 6.69. The zero-order valence-corrected chi connectivity index (χ0v) is 10.2. The molecule has 5 heteroatoms. The van der Waals surface area contributed by atoms with Gasteiger partial charge in [0, 0.05) is 24.2 Å². The van der Waals surface area contributed by atoms with Crippen LogP contribution in [0.25, 0.3) is 0 Å². The van der Waals surface area contributed by atoms with Crippen molar-refractivity contribution in [3.8, 4) is 0 Å². The molecule has 1 rings (SSSR count). The molecule has 1 amide bonds. The molecular formula is C13H18N2O3. The van der Waals surface area contributed by atoms with Gasteiger partial charge < -0.3 is 16.2 Å². The van der Waals surface area contributed by atoms with E-state index in [1.54, 1.807) is 24.3 Å². The van der Waals surface area contributed by atoms with E-state index >= 15 is 0 Å². The molecule has 0 aliphatic rings. The lowest BCUT2D eigenvalue weighted by molar-refractivity contribution is -0.137. The minimum Gasteiger partial charge on any atom is -0.481 e. The van der Waals surface area contributed by atoms with E-state index in [1.165, 1.54) is 0 Å². The van der Waals surface area contributed by atoms with E-state index in [0.717, 1.165) is 12.8 Å². The Kier molecular flexibility index (Phi) is 5.70. The first-order valence-corrected chi connectivity index (χ1v) is 5.95. The molecule has 0 radical (unpaired) electrons. The summed E-state index contributed by atoms with van der Waals surface area (Å²) in [7, 11) is 0. The molecule has 0 fully saturated rings. The third-order valence-corrected chi connectivity index (χ3v) is 2.50. The SMILES string of the molecule is Nc1cccc(C(=O)NCCCCCC(=O)O)c1. The van der Waals surface area contributed by atoms with Crippen LogP contribution in [0.3, 0.4) is 0 Å². The Bertz CT molecular complexity index is 418. The van der Waals surface area contributed by atoms with Crippen molar-refractivity contribution in [2.45, 2.75) is 25.7 Å². The lowest BCUT2D eigenvalue weighted by Crippen LogP contribution is -2.24. The number of nitrogens with two attached hydrogens (primary N) is 1. The summed E-state index contributed by atoms with van der Waals surface area (Å²) in [4.78, 5) is 22.0. The molecule has 0 heterocycles. The van der Waals surface area contributed by atoms with Gasteiger partial charge in [-0.25, -0.2) is 0 Å². The molecule has 0 saturated heterocycles. The van der Waals surface area contributed by atoms with Gasteiger partial charge in [-0.15, -0.1) is 0 Å². The number of rotatable bonds is 7. The Morgan fingerprint density at radius 3 is 2.67 bits per heavy atom. The molecule has 18 heavy (non-hydrogen) atoms. The van der Waals surface area contributed by atoms with Gasteiger partial charge in [-0.1, -0.05) is 12.5 Å². The zero-order valence-electron chi connectivity index (χ0n) is 10.2. The quantitative estimate of drug-likeness (QED) is 0.506. The predicted molar refractivity (Wildman–Crippen MR) is 69.3 cm³/mol. The number of amides is 1. The maximum atomic E-state index is 11.7. The number of carboxylic acids is 1. The van der Waals surface area contributed by atoms with E-state index in [4.69, 9.17) is 10.8 Å². The average molecular weight is 250 g/mol. The lowest BCUT2D eigenvalue weighted by atomic mass is 10.1. The van der Waals surface area contributed by atoms with Crippen molar-refractivity contribution in [2.24, 2.45) is 0 Å². The van der Waals surface area contributed by atoms with Crippen LogP contribution < -0.4 is 11.1 Å². The van der Waals surface area contributed by atoms with Gasteiger partial charge in [-0.3, -0.25) is 9.59 Å². The number of nitrogens with one attached hydrogen (secondary N) is 1. The highest BCUT2D eigenvalue weighted by molar-refractivity contribution is 5.94. The molecule has 0 aliphatic heterocycles. The third kappa shape index (κ3) is 5.34. The van der Waals surface area contributed by atoms with Gasteiger partial charge in [0.1, 0.15) is 0 Å². The van der Waals surface area contributed by atoms with Gasteiger partial charge in [-0.2, -0.15) is 0 Å². The molecular weight excluding hydrogens is 232 g/mol. The van der Waals surface area contributed by atoms with Crippen molar-refractivity contribution < 1.29 is 14.7 Å². The van der Waals surface area contributed by atoms with Crippen molar-refractivity contribution in [2.75, 3.05) is 12.3 Å². The van der Waals surface area contributed by atoms with E-state index in [9.17, 15) is 9.59 Å². The van der Waals surface area contributed by atoms with E-state index in [1.807, 2.05) is 0 Å². The summed E-state index contributed by atoms with van der Waals surface area (Å²) < 4.78 is 0. The second-order valence-electron chi connectivity index (χ2n) is 4.09. The molecule has 0 atom stereocenters. The lowest BCUT2D eigenvalue weighted by Gasteiger charge is -2.05. The average Bonchev–Trinajstić information content (AvgIpc) is 2.33. The molecule has 0 aliphatic carbocycles. The van der Waals surface area contributed by atoms with Gasteiger partial charge in [0.15, 0.2) is 0 Å². The standard InChI is InChI=1S/C13H18N2O3/c14-11-6-4-5-10(9-11)13(18)15-8-3-1-2-7-12(16)17/h4-6,9H,1-3,7-8,14H2,(H,15,18)(H,16,17). The second-order valence-corrected chi connectivity index (χ2v) is 4.09. The number of benzene rings is 1. The molecule has 0 saturated carbocycles. The first kappa shape index (κ1) is 14.0. The van der Waals surface area contributed by atoms with E-state index in [-0.39, 0.29) is 12.3 Å². The zero-order chi connectivity index (χ0) is 13.4. The first-order valence-electron chi connectivity index (χ1n) is 5.95. The highest BCUT2D eigenvalue weighted by Crippen LogP contribution is 2.06. The van der Waals surface area contributed by atoms with Gasteiger partial charge in [0.2, 0.25) is 0 Å². The summed E-state index contributed by atoms with van der Waals surface area (Å²) in [6, 6.07) is 6.79. The molecule has 0 bridgehead atoms. The fourth-order valence-corrected chi connectivity index (χ4v) is 1.56. The van der Waals surface area contributed by atoms with Crippen LogP contribution in [0, 0.1) is 0 Å². The maximum absolute atomic E-state index is 11.7. The van der Waals surface area contributed by atoms with Crippen molar-refractivity contribution in [3.05, 3.63) is 29.8 Å². The molecule has 4 N–H and O–H groups in total. The number of anilines is 1. The molecule has 1 aromatic carbocycles. The van der Waals surface area contributed by atoms with Crippen LogP contribution in [-0.4, -0.2) is 23.5 Å². The van der Waals surface area contributed by atoms with E-state index < -0.39 is 5.97 Å². The smallest absolute Gasteiger partial charge is 0.303 e. The monoisotopic (exact) mass is 250 g/mol. The molecule has 98 valence electrons.